The molecule has 0 aliphatic carbocycles. The van der Waals surface area contributed by atoms with E-state index in [-0.39, 0.29) is 29.4 Å². The average molecular weight is 497 g/mol. The first-order chi connectivity index (χ1) is 12.4. The number of nitrogens with one attached hydrogen (secondary N) is 2. The van der Waals surface area contributed by atoms with Crippen LogP contribution in [0.2, 0.25) is 0 Å². The molecule has 2 atom stereocenters. The Bertz CT molecular complexity index is 394. The third kappa shape index (κ3) is 10.9. The maximum Gasteiger partial charge on any atom is 0.191 e. The number of ether oxygens (including phenoxy) is 1. The van der Waals surface area contributed by atoms with Crippen molar-refractivity contribution < 1.29 is 4.74 Å². The summed E-state index contributed by atoms with van der Waals surface area (Å²) in [5.74, 6) is 1.47. The molecule has 0 aromatic heterocycles. The molecule has 2 unspecified atom stereocenters. The van der Waals surface area contributed by atoms with Crippen LogP contribution < -0.4 is 10.6 Å². The lowest BCUT2D eigenvalue weighted by Gasteiger charge is -2.39. The zero-order valence-corrected chi connectivity index (χ0v) is 21.0. The van der Waals surface area contributed by atoms with E-state index in [0.717, 1.165) is 51.7 Å². The average Bonchev–Trinajstić information content (AvgIpc) is 2.62. The number of aliphatic imine (C=N–C) groups is 1. The van der Waals surface area contributed by atoms with Crippen LogP contribution in [0.25, 0.3) is 0 Å². The number of guanidine groups is 1. The van der Waals surface area contributed by atoms with E-state index in [9.17, 15) is 0 Å². The van der Waals surface area contributed by atoms with Crippen LogP contribution >= 0.6 is 24.0 Å². The van der Waals surface area contributed by atoms with Gasteiger partial charge in [-0.05, 0) is 57.7 Å². The van der Waals surface area contributed by atoms with Gasteiger partial charge in [0.1, 0.15) is 0 Å². The first-order valence-electron chi connectivity index (χ1n) is 10.8. The molecule has 27 heavy (non-hydrogen) atoms. The summed E-state index contributed by atoms with van der Waals surface area (Å²) < 4.78 is 6.09. The van der Waals surface area contributed by atoms with Gasteiger partial charge in [0.05, 0.1) is 6.10 Å². The van der Waals surface area contributed by atoms with Crippen molar-refractivity contribution >= 4 is 29.9 Å². The van der Waals surface area contributed by atoms with Crippen LogP contribution in [0.4, 0.5) is 0 Å². The third-order valence-corrected chi connectivity index (χ3v) is 5.21. The van der Waals surface area contributed by atoms with Crippen molar-refractivity contribution in [2.24, 2.45) is 16.3 Å². The summed E-state index contributed by atoms with van der Waals surface area (Å²) in [6, 6.07) is 0. The zero-order valence-electron chi connectivity index (χ0n) is 18.6. The van der Waals surface area contributed by atoms with Gasteiger partial charge < -0.3 is 20.3 Å². The summed E-state index contributed by atoms with van der Waals surface area (Å²) in [6.07, 6.45) is 5.09. The van der Waals surface area contributed by atoms with E-state index >= 15 is 0 Å². The number of halogens is 1. The van der Waals surface area contributed by atoms with E-state index in [0.29, 0.717) is 12.0 Å². The van der Waals surface area contributed by atoms with E-state index in [1.165, 1.54) is 25.8 Å². The first-order valence-corrected chi connectivity index (χ1v) is 10.8. The number of unbranched alkanes of at least 4 members (excludes halogenated alkanes) is 1. The van der Waals surface area contributed by atoms with Crippen LogP contribution in [0.15, 0.2) is 4.99 Å². The number of hydrogen-bond donors (Lipinski definition) is 2. The lowest BCUT2D eigenvalue weighted by molar-refractivity contribution is -0.0823. The molecule has 1 aliphatic heterocycles. The highest BCUT2D eigenvalue weighted by Crippen LogP contribution is 2.34. The highest BCUT2D eigenvalue weighted by atomic mass is 127. The fourth-order valence-corrected chi connectivity index (χ4v) is 3.74. The summed E-state index contributed by atoms with van der Waals surface area (Å²) >= 11 is 0. The molecule has 0 bridgehead atoms. The Hall–Kier alpha value is -0.0800. The Morgan fingerprint density at radius 3 is 2.41 bits per heavy atom. The van der Waals surface area contributed by atoms with Gasteiger partial charge in [-0.2, -0.15) is 0 Å². The van der Waals surface area contributed by atoms with Crippen molar-refractivity contribution in [3.8, 4) is 0 Å². The minimum absolute atomic E-state index is 0. The maximum atomic E-state index is 6.09. The molecular formula is C21H45IN4O. The van der Waals surface area contributed by atoms with Crippen molar-refractivity contribution in [3.05, 3.63) is 0 Å². The fourth-order valence-electron chi connectivity index (χ4n) is 3.74. The Morgan fingerprint density at radius 2 is 1.81 bits per heavy atom. The molecule has 0 aromatic carbocycles. The SMILES string of the molecule is CCNC(=NCC1CCCOC1C(C)(C)C)NCCCCN(CC)CC.I. The predicted octanol–water partition coefficient (Wildman–Crippen LogP) is 4.12. The Labute approximate surface area is 185 Å². The lowest BCUT2D eigenvalue weighted by Crippen LogP contribution is -2.43. The summed E-state index contributed by atoms with van der Waals surface area (Å²) in [7, 11) is 0. The second-order valence-corrected chi connectivity index (χ2v) is 8.44. The van der Waals surface area contributed by atoms with E-state index in [4.69, 9.17) is 9.73 Å². The summed E-state index contributed by atoms with van der Waals surface area (Å²) in [5, 5.41) is 6.89. The minimum Gasteiger partial charge on any atom is -0.377 e. The molecule has 5 nitrogen and oxygen atoms in total. The van der Waals surface area contributed by atoms with Gasteiger partial charge >= 0.3 is 0 Å². The maximum absolute atomic E-state index is 6.09. The smallest absolute Gasteiger partial charge is 0.191 e. The summed E-state index contributed by atoms with van der Waals surface area (Å²) in [6.45, 7) is 20.5. The first kappa shape index (κ1) is 26.9. The Kier molecular flexibility index (Phi) is 14.8. The second-order valence-electron chi connectivity index (χ2n) is 8.44. The number of nitrogens with zero attached hydrogens (tertiary/aromatic N) is 2. The molecule has 2 N–H and O–H groups in total. The molecule has 1 aliphatic rings. The normalized spacial score (nSPS) is 21.1. The van der Waals surface area contributed by atoms with Crippen LogP contribution in [0.1, 0.15) is 67.2 Å². The van der Waals surface area contributed by atoms with E-state index < -0.39 is 0 Å². The molecule has 1 fully saturated rings. The van der Waals surface area contributed by atoms with Gasteiger partial charge in [-0.25, -0.2) is 0 Å². The molecule has 6 heteroatoms. The van der Waals surface area contributed by atoms with E-state index in [1.807, 2.05) is 0 Å². The molecule has 0 radical (unpaired) electrons. The van der Waals surface area contributed by atoms with Crippen molar-refractivity contribution in [3.63, 3.8) is 0 Å². The fraction of sp³-hybridized carbons (Fsp3) is 0.952. The molecular weight excluding hydrogens is 451 g/mol. The highest BCUT2D eigenvalue weighted by molar-refractivity contribution is 14.0. The van der Waals surface area contributed by atoms with Gasteiger partial charge in [-0.1, -0.05) is 34.6 Å². The van der Waals surface area contributed by atoms with Crippen LogP contribution in [0.3, 0.4) is 0 Å². The highest BCUT2D eigenvalue weighted by Gasteiger charge is 2.35. The van der Waals surface area contributed by atoms with Gasteiger partial charge in [-0.3, -0.25) is 4.99 Å². The monoisotopic (exact) mass is 496 g/mol. The van der Waals surface area contributed by atoms with E-state index in [1.54, 1.807) is 0 Å². The molecule has 0 saturated carbocycles. The van der Waals surface area contributed by atoms with Crippen molar-refractivity contribution in [1.82, 2.24) is 15.5 Å². The minimum atomic E-state index is 0. The largest absolute Gasteiger partial charge is 0.377 e. The summed E-state index contributed by atoms with van der Waals surface area (Å²) in [5.41, 5.74) is 0.177. The lowest BCUT2D eigenvalue weighted by atomic mass is 9.78. The number of rotatable bonds is 10. The Morgan fingerprint density at radius 1 is 1.11 bits per heavy atom. The Balaban J connectivity index is 0.00000676. The zero-order chi connectivity index (χ0) is 19.4. The van der Waals surface area contributed by atoms with Crippen LogP contribution in [0.5, 0.6) is 0 Å². The molecule has 0 aromatic rings. The molecule has 162 valence electrons. The molecule has 1 rings (SSSR count). The predicted molar refractivity (Wildman–Crippen MR) is 128 cm³/mol. The molecule has 1 heterocycles. The van der Waals surface area contributed by atoms with Crippen molar-refractivity contribution in [2.75, 3.05) is 45.9 Å². The van der Waals surface area contributed by atoms with Crippen molar-refractivity contribution in [1.29, 1.82) is 0 Å². The summed E-state index contributed by atoms with van der Waals surface area (Å²) in [4.78, 5) is 7.35. The third-order valence-electron chi connectivity index (χ3n) is 5.21. The van der Waals surface area contributed by atoms with Gasteiger partial charge in [-0.15, -0.1) is 24.0 Å². The molecule has 0 spiro atoms. The van der Waals surface area contributed by atoms with Gasteiger partial charge in [0.2, 0.25) is 0 Å². The van der Waals surface area contributed by atoms with Crippen LogP contribution in [0, 0.1) is 11.3 Å². The van der Waals surface area contributed by atoms with Gasteiger partial charge in [0.25, 0.3) is 0 Å². The molecule has 0 amide bonds. The van der Waals surface area contributed by atoms with Crippen molar-refractivity contribution in [2.45, 2.75) is 73.3 Å². The molecule has 1 saturated heterocycles. The number of hydrogen-bond acceptors (Lipinski definition) is 3. The van der Waals surface area contributed by atoms with Crippen LogP contribution in [-0.4, -0.2) is 62.8 Å². The van der Waals surface area contributed by atoms with Gasteiger partial charge in [0.15, 0.2) is 5.96 Å². The second kappa shape index (κ2) is 14.9. The standard InChI is InChI=1S/C21H44N4O.HI/c1-7-22-20(23-14-10-11-15-25(8-2)9-3)24-17-18-13-12-16-26-19(18)21(4,5)6;/h18-19H,7-17H2,1-6H3,(H2,22,23,24);1H. The van der Waals surface area contributed by atoms with Gasteiger partial charge in [0, 0.05) is 32.2 Å². The topological polar surface area (TPSA) is 48.9 Å². The van der Waals surface area contributed by atoms with E-state index in [2.05, 4.69) is 57.1 Å². The van der Waals surface area contributed by atoms with Crippen LogP contribution in [-0.2, 0) is 4.74 Å². The quantitative estimate of drug-likeness (QED) is 0.207.